The summed E-state index contributed by atoms with van der Waals surface area (Å²) in [5.74, 6) is 1.74. The molecule has 0 spiro atoms. The van der Waals surface area contributed by atoms with E-state index in [0.29, 0.717) is 5.92 Å². The predicted molar refractivity (Wildman–Crippen MR) is 73.0 cm³/mol. The number of benzene rings is 1. The van der Waals surface area contributed by atoms with Crippen molar-refractivity contribution in [3.8, 4) is 11.4 Å². The van der Waals surface area contributed by atoms with Crippen LogP contribution in [0.15, 0.2) is 34.9 Å². The first-order valence-corrected chi connectivity index (χ1v) is 6.86. The molecule has 1 unspecified atom stereocenters. The molecular formula is C14H15BrN2. The van der Waals surface area contributed by atoms with Crippen molar-refractivity contribution >= 4 is 15.9 Å². The van der Waals surface area contributed by atoms with Gasteiger partial charge in [0.05, 0.1) is 0 Å². The largest absolute Gasteiger partial charge is 0.328 e. The molecule has 0 N–H and O–H groups in total. The Morgan fingerprint density at radius 3 is 3.12 bits per heavy atom. The van der Waals surface area contributed by atoms with Crippen molar-refractivity contribution in [2.24, 2.45) is 0 Å². The first-order chi connectivity index (χ1) is 8.25. The van der Waals surface area contributed by atoms with Gasteiger partial charge in [-0.05, 0) is 30.9 Å². The molecule has 1 atom stereocenters. The molecule has 0 aliphatic carbocycles. The molecule has 2 nitrogen and oxygen atoms in total. The van der Waals surface area contributed by atoms with Crippen LogP contribution in [0.1, 0.15) is 31.4 Å². The van der Waals surface area contributed by atoms with E-state index >= 15 is 0 Å². The summed E-state index contributed by atoms with van der Waals surface area (Å²) in [6.45, 7) is 3.39. The zero-order chi connectivity index (χ0) is 11.8. The molecule has 3 heteroatoms. The number of halogens is 1. The van der Waals surface area contributed by atoms with Crippen molar-refractivity contribution in [3.05, 3.63) is 40.6 Å². The van der Waals surface area contributed by atoms with E-state index in [1.807, 2.05) is 12.3 Å². The van der Waals surface area contributed by atoms with Crippen molar-refractivity contribution in [2.45, 2.75) is 32.2 Å². The highest BCUT2D eigenvalue weighted by molar-refractivity contribution is 9.10. The molecular weight excluding hydrogens is 276 g/mol. The number of fused-ring (bicyclic) bond motifs is 1. The Bertz CT molecular complexity index is 545. The average Bonchev–Trinajstić information content (AvgIpc) is 2.74. The fourth-order valence-electron chi connectivity index (χ4n) is 2.58. The molecule has 1 aromatic heterocycles. The first-order valence-electron chi connectivity index (χ1n) is 6.07. The Kier molecular flexibility index (Phi) is 2.79. The van der Waals surface area contributed by atoms with Gasteiger partial charge in [-0.25, -0.2) is 4.98 Å². The molecule has 0 fully saturated rings. The number of hydrogen-bond acceptors (Lipinski definition) is 1. The lowest BCUT2D eigenvalue weighted by molar-refractivity contribution is 0.478. The van der Waals surface area contributed by atoms with E-state index in [9.17, 15) is 0 Å². The van der Waals surface area contributed by atoms with Gasteiger partial charge in [0.2, 0.25) is 0 Å². The lowest BCUT2D eigenvalue weighted by Gasteiger charge is -2.22. The van der Waals surface area contributed by atoms with Gasteiger partial charge < -0.3 is 4.57 Å². The predicted octanol–water partition coefficient (Wildman–Crippen LogP) is 4.21. The van der Waals surface area contributed by atoms with E-state index in [-0.39, 0.29) is 0 Å². The Morgan fingerprint density at radius 2 is 2.29 bits per heavy atom. The molecule has 0 radical (unpaired) electrons. The van der Waals surface area contributed by atoms with Crippen molar-refractivity contribution in [1.29, 1.82) is 0 Å². The maximum atomic E-state index is 4.60. The van der Waals surface area contributed by atoms with Gasteiger partial charge in [0.1, 0.15) is 5.82 Å². The van der Waals surface area contributed by atoms with Gasteiger partial charge >= 0.3 is 0 Å². The quantitative estimate of drug-likeness (QED) is 0.769. The van der Waals surface area contributed by atoms with Gasteiger partial charge in [0.15, 0.2) is 0 Å². The molecule has 17 heavy (non-hydrogen) atoms. The van der Waals surface area contributed by atoms with Crippen molar-refractivity contribution in [1.82, 2.24) is 9.55 Å². The molecule has 1 aromatic carbocycles. The van der Waals surface area contributed by atoms with Gasteiger partial charge in [0.25, 0.3) is 0 Å². The fraction of sp³-hybridized carbons (Fsp3) is 0.357. The van der Waals surface area contributed by atoms with E-state index in [4.69, 9.17) is 0 Å². The van der Waals surface area contributed by atoms with Gasteiger partial charge in [-0.1, -0.05) is 35.0 Å². The second-order valence-electron chi connectivity index (χ2n) is 4.71. The zero-order valence-corrected chi connectivity index (χ0v) is 11.4. The van der Waals surface area contributed by atoms with Crippen molar-refractivity contribution in [3.63, 3.8) is 0 Å². The van der Waals surface area contributed by atoms with Crippen molar-refractivity contribution in [2.75, 3.05) is 0 Å². The molecule has 0 saturated heterocycles. The number of imidazole rings is 1. The number of hydrogen-bond donors (Lipinski definition) is 0. The summed E-state index contributed by atoms with van der Waals surface area (Å²) in [6, 6.07) is 8.37. The van der Waals surface area contributed by atoms with Gasteiger partial charge in [0, 0.05) is 28.5 Å². The van der Waals surface area contributed by atoms with Crippen LogP contribution in [0.3, 0.4) is 0 Å². The number of aromatic nitrogens is 2. The molecule has 0 bridgehead atoms. The number of rotatable bonds is 1. The van der Waals surface area contributed by atoms with E-state index in [1.165, 1.54) is 24.1 Å². The van der Waals surface area contributed by atoms with Crippen LogP contribution in [0.25, 0.3) is 11.4 Å². The highest BCUT2D eigenvalue weighted by Gasteiger charge is 2.20. The standard InChI is InChI=1S/C14H15BrN2/c1-10-4-3-7-17-13(10)9-16-14(17)11-5-2-6-12(15)8-11/h2,5-6,8-10H,3-4,7H2,1H3. The van der Waals surface area contributed by atoms with Crippen LogP contribution in [0.4, 0.5) is 0 Å². The summed E-state index contributed by atoms with van der Waals surface area (Å²) in [7, 11) is 0. The summed E-state index contributed by atoms with van der Waals surface area (Å²) in [6.07, 6.45) is 4.58. The Balaban J connectivity index is 2.10. The number of nitrogens with zero attached hydrogens (tertiary/aromatic N) is 2. The molecule has 0 saturated carbocycles. The second kappa shape index (κ2) is 4.30. The van der Waals surface area contributed by atoms with Crippen molar-refractivity contribution < 1.29 is 0 Å². The molecule has 1 aliphatic rings. The van der Waals surface area contributed by atoms with Gasteiger partial charge in [-0.2, -0.15) is 0 Å². The lowest BCUT2D eigenvalue weighted by Crippen LogP contribution is -2.13. The molecule has 2 heterocycles. The minimum absolute atomic E-state index is 0.636. The van der Waals surface area contributed by atoms with Crippen LogP contribution in [-0.4, -0.2) is 9.55 Å². The monoisotopic (exact) mass is 290 g/mol. The second-order valence-corrected chi connectivity index (χ2v) is 5.63. The van der Waals surface area contributed by atoms with E-state index in [1.54, 1.807) is 0 Å². The Labute approximate surface area is 110 Å². The maximum absolute atomic E-state index is 4.60. The lowest BCUT2D eigenvalue weighted by atomic mass is 9.98. The average molecular weight is 291 g/mol. The molecule has 1 aliphatic heterocycles. The topological polar surface area (TPSA) is 17.8 Å². The minimum atomic E-state index is 0.636. The van der Waals surface area contributed by atoms with E-state index in [2.05, 4.69) is 50.6 Å². The van der Waals surface area contributed by atoms with Crippen LogP contribution in [0.5, 0.6) is 0 Å². The molecule has 2 aromatic rings. The summed E-state index contributed by atoms with van der Waals surface area (Å²) >= 11 is 3.52. The highest BCUT2D eigenvalue weighted by Crippen LogP contribution is 2.31. The maximum Gasteiger partial charge on any atom is 0.140 e. The SMILES string of the molecule is CC1CCCn2c1cnc2-c1cccc(Br)c1. The third-order valence-electron chi connectivity index (χ3n) is 3.49. The summed E-state index contributed by atoms with van der Waals surface area (Å²) in [5.41, 5.74) is 2.57. The Hall–Kier alpha value is -1.09. The van der Waals surface area contributed by atoms with Crippen LogP contribution in [0, 0.1) is 0 Å². The summed E-state index contributed by atoms with van der Waals surface area (Å²) in [5, 5.41) is 0. The molecule has 0 amide bonds. The summed E-state index contributed by atoms with van der Waals surface area (Å²) in [4.78, 5) is 4.60. The van der Waals surface area contributed by atoms with Crippen LogP contribution < -0.4 is 0 Å². The fourth-order valence-corrected chi connectivity index (χ4v) is 2.98. The normalized spacial score (nSPS) is 19.1. The first kappa shape index (κ1) is 11.0. The van der Waals surface area contributed by atoms with Crippen LogP contribution >= 0.6 is 15.9 Å². The molecule has 3 rings (SSSR count). The molecule has 88 valence electrons. The Morgan fingerprint density at radius 1 is 1.41 bits per heavy atom. The van der Waals surface area contributed by atoms with Crippen LogP contribution in [-0.2, 0) is 6.54 Å². The zero-order valence-electron chi connectivity index (χ0n) is 9.86. The van der Waals surface area contributed by atoms with Crippen LogP contribution in [0.2, 0.25) is 0 Å². The van der Waals surface area contributed by atoms with Gasteiger partial charge in [-0.15, -0.1) is 0 Å². The van der Waals surface area contributed by atoms with E-state index in [0.717, 1.165) is 16.8 Å². The third-order valence-corrected chi connectivity index (χ3v) is 3.99. The summed E-state index contributed by atoms with van der Waals surface area (Å²) < 4.78 is 3.48. The minimum Gasteiger partial charge on any atom is -0.328 e. The highest BCUT2D eigenvalue weighted by atomic mass is 79.9. The smallest absolute Gasteiger partial charge is 0.140 e. The third kappa shape index (κ3) is 1.93. The van der Waals surface area contributed by atoms with Gasteiger partial charge in [-0.3, -0.25) is 0 Å². The van der Waals surface area contributed by atoms with E-state index < -0.39 is 0 Å².